The smallest absolute Gasteiger partial charge is 0.0545 e. The Hall–Kier alpha value is -1.09. The Morgan fingerprint density at radius 2 is 2.07 bits per heavy atom. The van der Waals surface area contributed by atoms with Crippen LogP contribution in [0.25, 0.3) is 0 Å². The van der Waals surface area contributed by atoms with Crippen LogP contribution in [0.15, 0.2) is 18.3 Å². The first-order valence-electron chi connectivity index (χ1n) is 5.37. The first-order valence-corrected chi connectivity index (χ1v) is 5.37. The molecule has 0 saturated heterocycles. The number of pyridine rings is 1. The third-order valence-corrected chi connectivity index (χ3v) is 3.15. The van der Waals surface area contributed by atoms with Crippen LogP contribution in [0.5, 0.6) is 0 Å². The van der Waals surface area contributed by atoms with Gasteiger partial charge in [0.15, 0.2) is 0 Å². The van der Waals surface area contributed by atoms with E-state index in [0.29, 0.717) is 0 Å². The van der Waals surface area contributed by atoms with E-state index in [1.807, 2.05) is 12.1 Å². The summed E-state index contributed by atoms with van der Waals surface area (Å²) in [4.78, 5) is 6.61. The fourth-order valence-electron chi connectivity index (χ4n) is 1.26. The van der Waals surface area contributed by atoms with Crippen molar-refractivity contribution in [3.8, 4) is 0 Å². The van der Waals surface area contributed by atoms with Crippen molar-refractivity contribution in [1.82, 2.24) is 9.88 Å². The Balaban J connectivity index is 2.66. The average molecular weight is 207 g/mol. The van der Waals surface area contributed by atoms with Crippen LogP contribution >= 0.6 is 0 Å². The maximum Gasteiger partial charge on any atom is 0.0545 e. The number of anilines is 1. The number of hydrogen-bond acceptors (Lipinski definition) is 3. The maximum atomic E-state index is 5.59. The number of aromatic nitrogens is 1. The van der Waals surface area contributed by atoms with E-state index in [9.17, 15) is 0 Å². The number of hydrogen-bond donors (Lipinski definition) is 1. The maximum absolute atomic E-state index is 5.59. The Kier molecular flexibility index (Phi) is 3.69. The summed E-state index contributed by atoms with van der Waals surface area (Å²) in [5.41, 5.74) is 7.59. The quantitative estimate of drug-likeness (QED) is 0.823. The molecular weight excluding hydrogens is 186 g/mol. The largest absolute Gasteiger partial charge is 0.397 e. The second-order valence-electron chi connectivity index (χ2n) is 4.60. The third kappa shape index (κ3) is 3.20. The zero-order valence-corrected chi connectivity index (χ0v) is 10.1. The van der Waals surface area contributed by atoms with Crippen molar-refractivity contribution in [2.45, 2.75) is 39.3 Å². The summed E-state index contributed by atoms with van der Waals surface area (Å²) in [6.45, 7) is 7.54. The van der Waals surface area contributed by atoms with E-state index in [-0.39, 0.29) is 5.54 Å². The highest BCUT2D eigenvalue weighted by Gasteiger charge is 2.21. The normalized spacial score (nSPS) is 12.1. The van der Waals surface area contributed by atoms with Gasteiger partial charge in [0.05, 0.1) is 17.6 Å². The van der Waals surface area contributed by atoms with Crippen molar-refractivity contribution in [2.75, 3.05) is 12.8 Å². The lowest BCUT2D eigenvalue weighted by Gasteiger charge is -2.34. The van der Waals surface area contributed by atoms with Crippen LogP contribution in [0.3, 0.4) is 0 Å². The van der Waals surface area contributed by atoms with Crippen molar-refractivity contribution in [2.24, 2.45) is 0 Å². The predicted octanol–water partition coefficient (Wildman–Crippen LogP) is 2.28. The summed E-state index contributed by atoms with van der Waals surface area (Å²) in [6.07, 6.45) is 2.83. The molecule has 0 amide bonds. The molecular formula is C12H21N3. The molecule has 0 spiro atoms. The highest BCUT2D eigenvalue weighted by atomic mass is 15.2. The van der Waals surface area contributed by atoms with E-state index in [2.05, 4.69) is 37.7 Å². The molecule has 0 aliphatic rings. The van der Waals surface area contributed by atoms with Gasteiger partial charge in [-0.2, -0.15) is 0 Å². The van der Waals surface area contributed by atoms with Crippen molar-refractivity contribution in [3.05, 3.63) is 24.0 Å². The molecule has 84 valence electrons. The fraction of sp³-hybridized carbons (Fsp3) is 0.583. The Bertz CT molecular complexity index is 303. The average Bonchev–Trinajstić information content (AvgIpc) is 2.21. The summed E-state index contributed by atoms with van der Waals surface area (Å²) in [6, 6.07) is 3.88. The van der Waals surface area contributed by atoms with Gasteiger partial charge in [-0.25, -0.2) is 0 Å². The summed E-state index contributed by atoms with van der Waals surface area (Å²) in [7, 11) is 2.13. The monoisotopic (exact) mass is 207 g/mol. The van der Waals surface area contributed by atoms with Gasteiger partial charge in [-0.05, 0) is 39.4 Å². The standard InChI is InChI=1S/C12H21N3/c1-5-12(2,3)15(4)9-11-7-6-10(13)8-14-11/h6-8H,5,9,13H2,1-4H3. The van der Waals surface area contributed by atoms with Crippen LogP contribution in [-0.4, -0.2) is 22.5 Å². The van der Waals surface area contributed by atoms with Gasteiger partial charge in [-0.15, -0.1) is 0 Å². The van der Waals surface area contributed by atoms with Crippen LogP contribution in [-0.2, 0) is 6.54 Å². The van der Waals surface area contributed by atoms with Crippen LogP contribution < -0.4 is 5.73 Å². The zero-order valence-electron chi connectivity index (χ0n) is 10.1. The van der Waals surface area contributed by atoms with Crippen molar-refractivity contribution >= 4 is 5.69 Å². The van der Waals surface area contributed by atoms with Crippen LogP contribution in [0.2, 0.25) is 0 Å². The second kappa shape index (κ2) is 4.62. The van der Waals surface area contributed by atoms with E-state index in [0.717, 1.165) is 24.3 Å². The SMILES string of the molecule is CCC(C)(C)N(C)Cc1ccc(N)cn1. The zero-order chi connectivity index (χ0) is 11.5. The molecule has 3 heteroatoms. The van der Waals surface area contributed by atoms with E-state index in [4.69, 9.17) is 5.73 Å². The van der Waals surface area contributed by atoms with E-state index in [1.54, 1.807) is 6.20 Å². The highest BCUT2D eigenvalue weighted by molar-refractivity contribution is 5.34. The topological polar surface area (TPSA) is 42.1 Å². The van der Waals surface area contributed by atoms with Gasteiger partial charge in [0.2, 0.25) is 0 Å². The minimum Gasteiger partial charge on any atom is -0.397 e. The molecule has 1 aromatic heterocycles. The molecule has 15 heavy (non-hydrogen) atoms. The molecule has 0 atom stereocenters. The Labute approximate surface area is 92.3 Å². The number of rotatable bonds is 4. The van der Waals surface area contributed by atoms with Gasteiger partial charge in [0.1, 0.15) is 0 Å². The molecule has 0 fully saturated rings. The van der Waals surface area contributed by atoms with Crippen molar-refractivity contribution < 1.29 is 0 Å². The highest BCUT2D eigenvalue weighted by Crippen LogP contribution is 2.18. The lowest BCUT2D eigenvalue weighted by molar-refractivity contribution is 0.141. The minimum absolute atomic E-state index is 0.211. The number of nitrogens with zero attached hydrogens (tertiary/aromatic N) is 2. The minimum atomic E-state index is 0.211. The van der Waals surface area contributed by atoms with Crippen LogP contribution in [0.4, 0.5) is 5.69 Å². The number of nitrogens with two attached hydrogens (primary N) is 1. The van der Waals surface area contributed by atoms with Crippen molar-refractivity contribution in [3.63, 3.8) is 0 Å². The molecule has 1 rings (SSSR count). The second-order valence-corrected chi connectivity index (χ2v) is 4.60. The first kappa shape index (κ1) is 12.0. The van der Waals surface area contributed by atoms with Gasteiger partial charge in [-0.1, -0.05) is 6.92 Å². The predicted molar refractivity (Wildman–Crippen MR) is 64.5 cm³/mol. The van der Waals surface area contributed by atoms with Gasteiger partial charge in [0.25, 0.3) is 0 Å². The molecule has 0 radical (unpaired) electrons. The Morgan fingerprint density at radius 3 is 2.53 bits per heavy atom. The van der Waals surface area contributed by atoms with Crippen LogP contribution in [0, 0.1) is 0 Å². The molecule has 1 aromatic rings. The summed E-state index contributed by atoms with van der Waals surface area (Å²) < 4.78 is 0. The van der Waals surface area contributed by atoms with Gasteiger partial charge in [-0.3, -0.25) is 9.88 Å². The molecule has 0 aromatic carbocycles. The lowest BCUT2D eigenvalue weighted by Crippen LogP contribution is -2.39. The third-order valence-electron chi connectivity index (χ3n) is 3.15. The molecule has 0 unspecified atom stereocenters. The van der Waals surface area contributed by atoms with Crippen LogP contribution in [0.1, 0.15) is 32.9 Å². The van der Waals surface area contributed by atoms with Gasteiger partial charge >= 0.3 is 0 Å². The lowest BCUT2D eigenvalue weighted by atomic mass is 10.00. The Morgan fingerprint density at radius 1 is 1.40 bits per heavy atom. The number of nitrogen functional groups attached to an aromatic ring is 1. The summed E-state index contributed by atoms with van der Waals surface area (Å²) in [5, 5.41) is 0. The van der Waals surface area contributed by atoms with E-state index < -0.39 is 0 Å². The van der Waals surface area contributed by atoms with E-state index in [1.165, 1.54) is 0 Å². The molecule has 0 saturated carbocycles. The molecule has 1 heterocycles. The molecule has 0 aliphatic heterocycles. The van der Waals surface area contributed by atoms with Gasteiger partial charge in [0, 0.05) is 12.1 Å². The molecule has 0 aliphatic carbocycles. The summed E-state index contributed by atoms with van der Waals surface area (Å²) >= 11 is 0. The fourth-order valence-corrected chi connectivity index (χ4v) is 1.26. The molecule has 0 bridgehead atoms. The van der Waals surface area contributed by atoms with E-state index >= 15 is 0 Å². The van der Waals surface area contributed by atoms with Gasteiger partial charge < -0.3 is 5.73 Å². The molecule has 2 N–H and O–H groups in total. The molecule has 3 nitrogen and oxygen atoms in total. The summed E-state index contributed by atoms with van der Waals surface area (Å²) in [5.74, 6) is 0. The van der Waals surface area contributed by atoms with Crippen molar-refractivity contribution in [1.29, 1.82) is 0 Å². The first-order chi connectivity index (χ1) is 6.95.